The number of rotatable bonds is 3. The van der Waals surface area contributed by atoms with Crippen LogP contribution in [-0.2, 0) is 6.54 Å². The van der Waals surface area contributed by atoms with Crippen LogP contribution in [0.15, 0.2) is 36.4 Å². The normalized spacial score (nSPS) is 12.5. The second-order valence-electron chi connectivity index (χ2n) is 4.18. The Bertz CT molecular complexity index is 618. The van der Waals surface area contributed by atoms with E-state index in [1.807, 2.05) is 24.3 Å². The van der Waals surface area contributed by atoms with Crippen LogP contribution >= 0.6 is 34.2 Å². The third-order valence-corrected chi connectivity index (χ3v) is 3.76. The maximum Gasteiger partial charge on any atom is 0.231 e. The Morgan fingerprint density at radius 3 is 2.95 bits per heavy atom. The molecule has 1 aliphatic rings. The molecule has 2 aromatic rings. The number of fused-ring (bicyclic) bond motifs is 1. The van der Waals surface area contributed by atoms with Crippen molar-refractivity contribution in [1.29, 1.82) is 0 Å². The zero-order valence-corrected chi connectivity index (χ0v) is 12.9. The van der Waals surface area contributed by atoms with Crippen molar-refractivity contribution < 1.29 is 9.47 Å². The lowest BCUT2D eigenvalue weighted by Gasteiger charge is -2.08. The van der Waals surface area contributed by atoms with Gasteiger partial charge in [0.2, 0.25) is 6.79 Å². The summed E-state index contributed by atoms with van der Waals surface area (Å²) in [4.78, 5) is 0. The molecule has 2 aromatic carbocycles. The molecule has 5 heteroatoms. The van der Waals surface area contributed by atoms with Gasteiger partial charge in [-0.1, -0.05) is 17.7 Å². The standard InChI is InChI=1S/C14H11ClINO2/c15-12-4-9(5-13-14(12)19-8-18-13)7-17-11-3-1-2-10(16)6-11/h1-6,17H,7-8H2. The SMILES string of the molecule is Clc1cc(CNc2cccc(I)c2)cc2c1OCO2. The molecule has 3 nitrogen and oxygen atoms in total. The van der Waals surface area contributed by atoms with Crippen LogP contribution < -0.4 is 14.8 Å². The first-order valence-corrected chi connectivity index (χ1v) is 7.25. The van der Waals surface area contributed by atoms with Crippen LogP contribution in [0.25, 0.3) is 0 Å². The van der Waals surface area contributed by atoms with Gasteiger partial charge in [-0.25, -0.2) is 0 Å². The van der Waals surface area contributed by atoms with Gasteiger partial charge in [0.1, 0.15) is 0 Å². The quantitative estimate of drug-likeness (QED) is 0.797. The average Bonchev–Trinajstić information content (AvgIpc) is 2.85. The summed E-state index contributed by atoms with van der Waals surface area (Å²) >= 11 is 8.44. The molecule has 1 aliphatic heterocycles. The topological polar surface area (TPSA) is 30.5 Å². The van der Waals surface area contributed by atoms with Gasteiger partial charge in [-0.2, -0.15) is 0 Å². The summed E-state index contributed by atoms with van der Waals surface area (Å²) in [5, 5.41) is 3.95. The molecule has 19 heavy (non-hydrogen) atoms. The largest absolute Gasteiger partial charge is 0.454 e. The van der Waals surface area contributed by atoms with Crippen LogP contribution in [0.4, 0.5) is 5.69 Å². The summed E-state index contributed by atoms with van der Waals surface area (Å²) in [6.45, 7) is 0.930. The van der Waals surface area contributed by atoms with E-state index in [9.17, 15) is 0 Å². The van der Waals surface area contributed by atoms with E-state index in [0.717, 1.165) is 11.3 Å². The minimum atomic E-state index is 0.239. The molecule has 0 unspecified atom stereocenters. The summed E-state index contributed by atoms with van der Waals surface area (Å²) in [5.74, 6) is 1.35. The van der Waals surface area contributed by atoms with Crippen LogP contribution in [0.3, 0.4) is 0 Å². The fourth-order valence-corrected chi connectivity index (χ4v) is 2.76. The lowest BCUT2D eigenvalue weighted by molar-refractivity contribution is 0.174. The van der Waals surface area contributed by atoms with Crippen molar-refractivity contribution in [3.05, 3.63) is 50.6 Å². The number of halogens is 2. The van der Waals surface area contributed by atoms with Gasteiger partial charge >= 0.3 is 0 Å². The zero-order chi connectivity index (χ0) is 13.2. The first-order chi connectivity index (χ1) is 9.22. The summed E-state index contributed by atoms with van der Waals surface area (Å²) in [6.07, 6.45) is 0. The molecule has 0 bridgehead atoms. The van der Waals surface area contributed by atoms with Crippen molar-refractivity contribution >= 4 is 39.9 Å². The minimum absolute atomic E-state index is 0.239. The average molecular weight is 388 g/mol. The van der Waals surface area contributed by atoms with Crippen molar-refractivity contribution in [1.82, 2.24) is 0 Å². The van der Waals surface area contributed by atoms with Gasteiger partial charge in [0.25, 0.3) is 0 Å². The Balaban J connectivity index is 1.76. The van der Waals surface area contributed by atoms with E-state index in [2.05, 4.69) is 40.0 Å². The Labute approximate surface area is 130 Å². The maximum atomic E-state index is 6.15. The van der Waals surface area contributed by atoms with Gasteiger partial charge in [0.05, 0.1) is 5.02 Å². The summed E-state index contributed by atoms with van der Waals surface area (Å²) < 4.78 is 11.8. The zero-order valence-electron chi connectivity index (χ0n) is 9.95. The molecule has 98 valence electrons. The number of hydrogen-bond acceptors (Lipinski definition) is 3. The lowest BCUT2D eigenvalue weighted by Crippen LogP contribution is -1.99. The highest BCUT2D eigenvalue weighted by Gasteiger charge is 2.18. The van der Waals surface area contributed by atoms with Crippen molar-refractivity contribution in [2.45, 2.75) is 6.54 Å². The molecule has 0 aromatic heterocycles. The number of benzene rings is 2. The van der Waals surface area contributed by atoms with Crippen molar-refractivity contribution in [3.8, 4) is 11.5 Å². The Hall–Kier alpha value is -1.14. The van der Waals surface area contributed by atoms with Crippen LogP contribution in [-0.4, -0.2) is 6.79 Å². The number of anilines is 1. The third-order valence-electron chi connectivity index (χ3n) is 2.81. The van der Waals surface area contributed by atoms with Gasteiger partial charge in [-0.15, -0.1) is 0 Å². The molecule has 0 saturated heterocycles. The first-order valence-electron chi connectivity index (χ1n) is 5.80. The number of nitrogens with one attached hydrogen (secondary N) is 1. The Morgan fingerprint density at radius 1 is 1.21 bits per heavy atom. The van der Waals surface area contributed by atoms with Crippen molar-refractivity contribution in [2.24, 2.45) is 0 Å². The van der Waals surface area contributed by atoms with E-state index >= 15 is 0 Å². The highest BCUT2D eigenvalue weighted by molar-refractivity contribution is 14.1. The van der Waals surface area contributed by atoms with Gasteiger partial charge in [-0.05, 0) is 58.5 Å². The molecule has 0 atom stereocenters. The Morgan fingerprint density at radius 2 is 2.11 bits per heavy atom. The van der Waals surface area contributed by atoms with Crippen molar-refractivity contribution in [2.75, 3.05) is 12.1 Å². The first kappa shape index (κ1) is 12.9. The summed E-state index contributed by atoms with van der Waals surface area (Å²) in [5.41, 5.74) is 2.15. The predicted molar refractivity (Wildman–Crippen MR) is 84.1 cm³/mol. The van der Waals surface area contributed by atoms with Crippen LogP contribution in [0.1, 0.15) is 5.56 Å². The minimum Gasteiger partial charge on any atom is -0.454 e. The van der Waals surface area contributed by atoms with E-state index in [-0.39, 0.29) is 6.79 Å². The van der Waals surface area contributed by atoms with Crippen LogP contribution in [0.5, 0.6) is 11.5 Å². The van der Waals surface area contributed by atoms with Gasteiger partial charge < -0.3 is 14.8 Å². The lowest BCUT2D eigenvalue weighted by atomic mass is 10.2. The highest BCUT2D eigenvalue weighted by atomic mass is 127. The fraction of sp³-hybridized carbons (Fsp3) is 0.143. The molecule has 0 saturated carbocycles. The molecule has 0 spiro atoms. The van der Waals surface area contributed by atoms with Gasteiger partial charge in [0.15, 0.2) is 11.5 Å². The van der Waals surface area contributed by atoms with E-state index in [1.54, 1.807) is 0 Å². The fourth-order valence-electron chi connectivity index (χ4n) is 1.93. The maximum absolute atomic E-state index is 6.15. The molecule has 0 amide bonds. The molecular weight excluding hydrogens is 377 g/mol. The van der Waals surface area contributed by atoms with E-state index in [4.69, 9.17) is 21.1 Å². The summed E-state index contributed by atoms with van der Waals surface area (Å²) in [6, 6.07) is 12.1. The van der Waals surface area contributed by atoms with Crippen LogP contribution in [0.2, 0.25) is 5.02 Å². The monoisotopic (exact) mass is 387 g/mol. The molecular formula is C14H11ClINO2. The Kier molecular flexibility index (Phi) is 3.70. The molecule has 0 radical (unpaired) electrons. The van der Waals surface area contributed by atoms with Crippen LogP contribution in [0, 0.1) is 3.57 Å². The number of ether oxygens (including phenoxy) is 2. The van der Waals surface area contributed by atoms with E-state index < -0.39 is 0 Å². The number of hydrogen-bond donors (Lipinski definition) is 1. The smallest absolute Gasteiger partial charge is 0.231 e. The molecule has 1 N–H and O–H groups in total. The molecule has 1 heterocycles. The van der Waals surface area contributed by atoms with E-state index in [1.165, 1.54) is 3.57 Å². The van der Waals surface area contributed by atoms with Gasteiger partial charge in [-0.3, -0.25) is 0 Å². The van der Waals surface area contributed by atoms with Gasteiger partial charge in [0, 0.05) is 15.8 Å². The third kappa shape index (κ3) is 2.90. The van der Waals surface area contributed by atoms with E-state index in [0.29, 0.717) is 23.1 Å². The van der Waals surface area contributed by atoms with Crippen molar-refractivity contribution in [3.63, 3.8) is 0 Å². The molecule has 0 aliphatic carbocycles. The molecule has 0 fully saturated rings. The second-order valence-corrected chi connectivity index (χ2v) is 5.83. The molecule has 3 rings (SSSR count). The predicted octanol–water partition coefficient (Wildman–Crippen LogP) is 4.29. The summed E-state index contributed by atoms with van der Waals surface area (Å²) in [7, 11) is 0. The highest BCUT2D eigenvalue weighted by Crippen LogP contribution is 2.39. The second kappa shape index (κ2) is 5.46.